The molecule has 1 aromatic carbocycles. The Hall–Kier alpha value is -1.55. The molecule has 0 N–H and O–H groups in total. The topological polar surface area (TPSA) is 25.8 Å². The van der Waals surface area contributed by atoms with E-state index in [-0.39, 0.29) is 0 Å². The quantitative estimate of drug-likeness (QED) is 0.754. The summed E-state index contributed by atoms with van der Waals surface area (Å²) in [4.78, 5) is 8.01. The Kier molecular flexibility index (Phi) is 3.10. The summed E-state index contributed by atoms with van der Waals surface area (Å²) in [6.45, 7) is 0. The Morgan fingerprint density at radius 1 is 1.06 bits per heavy atom. The van der Waals surface area contributed by atoms with Crippen LogP contribution in [0.2, 0.25) is 0 Å². The minimum atomic E-state index is -0.914. The van der Waals surface area contributed by atoms with Crippen molar-refractivity contribution < 1.29 is 8.78 Å². The fraction of sp³-hybridized carbons (Fsp3) is 0.0909. The lowest BCUT2D eigenvalue weighted by molar-refractivity contribution is 0.509. The van der Waals surface area contributed by atoms with E-state index in [1.807, 2.05) is 0 Å². The average Bonchev–Trinajstić information content (AvgIpc) is 2.33. The summed E-state index contributed by atoms with van der Waals surface area (Å²) < 4.78 is 25.7. The van der Waals surface area contributed by atoms with Crippen LogP contribution in [0.15, 0.2) is 30.6 Å². The van der Waals surface area contributed by atoms with Gasteiger partial charge in [-0.15, -0.1) is 11.6 Å². The van der Waals surface area contributed by atoms with E-state index in [2.05, 4.69) is 9.97 Å². The third kappa shape index (κ3) is 2.17. The van der Waals surface area contributed by atoms with Gasteiger partial charge >= 0.3 is 0 Å². The first-order chi connectivity index (χ1) is 7.70. The molecular formula is C11H7ClF2N2. The van der Waals surface area contributed by atoms with Crippen LogP contribution in [0.3, 0.4) is 0 Å². The van der Waals surface area contributed by atoms with Gasteiger partial charge in [-0.25, -0.2) is 18.7 Å². The third-order valence-corrected chi connectivity index (χ3v) is 2.35. The lowest BCUT2D eigenvalue weighted by atomic mass is 10.2. The molecule has 2 aromatic rings. The molecule has 1 heterocycles. The van der Waals surface area contributed by atoms with Crippen molar-refractivity contribution in [2.45, 2.75) is 5.88 Å². The second kappa shape index (κ2) is 4.53. The second-order valence-electron chi connectivity index (χ2n) is 3.18. The molecule has 0 aliphatic heterocycles. The largest absolute Gasteiger partial charge is 0.236 e. The number of hydrogen-bond acceptors (Lipinski definition) is 2. The Morgan fingerprint density at radius 3 is 2.31 bits per heavy atom. The highest BCUT2D eigenvalue weighted by Gasteiger charge is 2.06. The fourth-order valence-corrected chi connectivity index (χ4v) is 1.35. The lowest BCUT2D eigenvalue weighted by Gasteiger charge is -2.01. The molecule has 0 bridgehead atoms. The molecule has 0 amide bonds. The number of hydrogen-bond donors (Lipinski definition) is 0. The van der Waals surface area contributed by atoms with E-state index in [0.717, 1.165) is 17.7 Å². The molecule has 0 spiro atoms. The molecule has 0 atom stereocenters. The Morgan fingerprint density at radius 2 is 1.75 bits per heavy atom. The normalized spacial score (nSPS) is 10.4. The van der Waals surface area contributed by atoms with Crippen molar-refractivity contribution in [2.75, 3.05) is 0 Å². The first-order valence-electron chi connectivity index (χ1n) is 4.53. The van der Waals surface area contributed by atoms with Crippen LogP contribution in [-0.2, 0) is 5.88 Å². The summed E-state index contributed by atoms with van der Waals surface area (Å²) >= 11 is 5.58. The van der Waals surface area contributed by atoms with Crippen LogP contribution in [0.25, 0.3) is 11.4 Å². The molecule has 1 aromatic heterocycles. The summed E-state index contributed by atoms with van der Waals surface area (Å²) in [5.41, 5.74) is 1.20. The highest BCUT2D eigenvalue weighted by molar-refractivity contribution is 6.17. The summed E-state index contributed by atoms with van der Waals surface area (Å²) in [5, 5.41) is 0. The Balaban J connectivity index is 2.38. The molecule has 0 fully saturated rings. The molecule has 2 rings (SSSR count). The predicted octanol–water partition coefficient (Wildman–Crippen LogP) is 3.16. The Labute approximate surface area is 95.9 Å². The van der Waals surface area contributed by atoms with E-state index in [9.17, 15) is 8.78 Å². The van der Waals surface area contributed by atoms with Crippen LogP contribution in [0.4, 0.5) is 8.78 Å². The molecular weight excluding hydrogens is 234 g/mol. The lowest BCUT2D eigenvalue weighted by Crippen LogP contribution is -1.92. The highest BCUT2D eigenvalue weighted by atomic mass is 35.5. The van der Waals surface area contributed by atoms with Crippen molar-refractivity contribution in [3.05, 3.63) is 47.8 Å². The summed E-state index contributed by atoms with van der Waals surface area (Å²) in [6, 6.07) is 3.53. The predicted molar refractivity (Wildman–Crippen MR) is 56.9 cm³/mol. The zero-order valence-corrected chi connectivity index (χ0v) is 8.88. The zero-order chi connectivity index (χ0) is 11.5. The van der Waals surface area contributed by atoms with Gasteiger partial charge in [-0.3, -0.25) is 0 Å². The maximum Gasteiger partial charge on any atom is 0.159 e. The summed E-state index contributed by atoms with van der Waals surface area (Å²) in [7, 11) is 0. The number of benzene rings is 1. The van der Waals surface area contributed by atoms with Crippen molar-refractivity contribution in [3.8, 4) is 11.4 Å². The molecule has 0 saturated carbocycles. The van der Waals surface area contributed by atoms with Gasteiger partial charge in [0.2, 0.25) is 0 Å². The van der Waals surface area contributed by atoms with Crippen LogP contribution >= 0.6 is 11.6 Å². The van der Waals surface area contributed by atoms with Gasteiger partial charge in [0, 0.05) is 23.5 Å². The number of aromatic nitrogens is 2. The van der Waals surface area contributed by atoms with E-state index in [0.29, 0.717) is 17.3 Å². The standard InChI is InChI=1S/C11H7ClF2N2/c12-4-7-5-15-11(16-6-7)8-1-2-9(13)10(14)3-8/h1-3,5-6H,4H2. The van der Waals surface area contributed by atoms with Crippen LogP contribution in [0.1, 0.15) is 5.56 Å². The average molecular weight is 241 g/mol. The van der Waals surface area contributed by atoms with Crippen molar-refractivity contribution in [1.29, 1.82) is 0 Å². The van der Waals surface area contributed by atoms with E-state index in [1.165, 1.54) is 6.07 Å². The second-order valence-corrected chi connectivity index (χ2v) is 3.44. The monoisotopic (exact) mass is 240 g/mol. The van der Waals surface area contributed by atoms with Gasteiger partial charge in [-0.1, -0.05) is 0 Å². The van der Waals surface area contributed by atoms with Gasteiger partial charge in [-0.2, -0.15) is 0 Å². The summed E-state index contributed by atoms with van der Waals surface area (Å²) in [6.07, 6.45) is 3.10. The van der Waals surface area contributed by atoms with Gasteiger partial charge < -0.3 is 0 Å². The SMILES string of the molecule is Fc1ccc(-c2ncc(CCl)cn2)cc1F. The molecule has 0 radical (unpaired) electrons. The number of alkyl halides is 1. The van der Waals surface area contributed by atoms with Crippen LogP contribution in [0, 0.1) is 11.6 Å². The zero-order valence-electron chi connectivity index (χ0n) is 8.12. The molecule has 0 unspecified atom stereocenters. The molecule has 0 aliphatic rings. The first-order valence-corrected chi connectivity index (χ1v) is 5.06. The van der Waals surface area contributed by atoms with E-state index < -0.39 is 11.6 Å². The molecule has 2 nitrogen and oxygen atoms in total. The number of halogens is 3. The van der Waals surface area contributed by atoms with E-state index in [4.69, 9.17) is 11.6 Å². The maximum absolute atomic E-state index is 13.0. The minimum Gasteiger partial charge on any atom is -0.236 e. The van der Waals surface area contributed by atoms with Gasteiger partial charge in [0.05, 0.1) is 5.88 Å². The van der Waals surface area contributed by atoms with Crippen molar-refractivity contribution in [3.63, 3.8) is 0 Å². The van der Waals surface area contributed by atoms with Crippen molar-refractivity contribution in [2.24, 2.45) is 0 Å². The first kappa shape index (κ1) is 11.0. The van der Waals surface area contributed by atoms with Crippen molar-refractivity contribution >= 4 is 11.6 Å². The van der Waals surface area contributed by atoms with Gasteiger partial charge in [-0.05, 0) is 18.2 Å². The number of nitrogens with zero attached hydrogens (tertiary/aromatic N) is 2. The molecule has 5 heteroatoms. The molecule has 0 aliphatic carbocycles. The molecule has 16 heavy (non-hydrogen) atoms. The third-order valence-electron chi connectivity index (χ3n) is 2.04. The van der Waals surface area contributed by atoms with Gasteiger partial charge in [0.25, 0.3) is 0 Å². The Bertz CT molecular complexity index is 500. The van der Waals surface area contributed by atoms with Gasteiger partial charge in [0.1, 0.15) is 0 Å². The maximum atomic E-state index is 13.0. The highest BCUT2D eigenvalue weighted by Crippen LogP contribution is 2.17. The number of rotatable bonds is 2. The minimum absolute atomic E-state index is 0.318. The van der Waals surface area contributed by atoms with Crippen LogP contribution < -0.4 is 0 Å². The van der Waals surface area contributed by atoms with Crippen LogP contribution in [-0.4, -0.2) is 9.97 Å². The van der Waals surface area contributed by atoms with Crippen molar-refractivity contribution in [1.82, 2.24) is 9.97 Å². The van der Waals surface area contributed by atoms with Gasteiger partial charge in [0.15, 0.2) is 17.5 Å². The van der Waals surface area contributed by atoms with Crippen LogP contribution in [0.5, 0.6) is 0 Å². The smallest absolute Gasteiger partial charge is 0.159 e. The van der Waals surface area contributed by atoms with E-state index >= 15 is 0 Å². The molecule has 82 valence electrons. The molecule has 0 saturated heterocycles. The van der Waals surface area contributed by atoms with E-state index in [1.54, 1.807) is 12.4 Å². The summed E-state index contributed by atoms with van der Waals surface area (Å²) in [5.74, 6) is -1.14. The fourth-order valence-electron chi connectivity index (χ4n) is 1.21.